The van der Waals surface area contributed by atoms with Gasteiger partial charge in [-0.15, -0.1) is 0 Å². The smallest absolute Gasteiger partial charge is 0.409 e. The second-order valence-electron chi connectivity index (χ2n) is 2.10. The van der Waals surface area contributed by atoms with Crippen LogP contribution in [0.2, 0.25) is 0 Å². The predicted octanol–water partition coefficient (Wildman–Crippen LogP) is -1.82. The molecule has 0 saturated heterocycles. The van der Waals surface area contributed by atoms with Crippen molar-refractivity contribution in [3.63, 3.8) is 0 Å². The van der Waals surface area contributed by atoms with Gasteiger partial charge in [-0.25, -0.2) is 0 Å². The molecular weight excluding hydrogens is 203 g/mol. The Balaban J connectivity index is 0.000001000. The van der Waals surface area contributed by atoms with Crippen molar-refractivity contribution in [2.24, 2.45) is 0 Å². The van der Waals surface area contributed by atoms with Crippen molar-refractivity contribution in [3.8, 4) is 0 Å². The van der Waals surface area contributed by atoms with Crippen molar-refractivity contribution in [3.05, 3.63) is 17.5 Å². The van der Waals surface area contributed by atoms with Crippen LogP contribution in [0.15, 0.2) is 6.07 Å². The van der Waals surface area contributed by atoms with E-state index < -0.39 is 0 Å². The van der Waals surface area contributed by atoms with E-state index in [4.69, 9.17) is 24.8 Å². The number of nitrogens with zero attached hydrogens (tertiary/aromatic N) is 2. The van der Waals surface area contributed by atoms with Gasteiger partial charge in [-0.05, 0) is 24.2 Å². The van der Waals surface area contributed by atoms with Crippen molar-refractivity contribution >= 4 is 29.2 Å². The van der Waals surface area contributed by atoms with Crippen molar-refractivity contribution in [2.45, 2.75) is 13.8 Å². The van der Waals surface area contributed by atoms with Crippen molar-refractivity contribution in [2.75, 3.05) is 0 Å². The van der Waals surface area contributed by atoms with E-state index >= 15 is 0 Å². The zero-order valence-corrected chi connectivity index (χ0v) is 11.5. The van der Waals surface area contributed by atoms with Gasteiger partial charge in [-0.2, -0.15) is 5.10 Å². The number of aryl methyl sites for hydroxylation is 2. The summed E-state index contributed by atoms with van der Waals surface area (Å²) in [4.78, 5) is 0. The van der Waals surface area contributed by atoms with E-state index in [-0.39, 0.29) is 51.4 Å². The summed E-state index contributed by atoms with van der Waals surface area (Å²) < 4.78 is 1.96. The molecule has 0 aliphatic heterocycles. The van der Waals surface area contributed by atoms with Crippen molar-refractivity contribution < 1.29 is 51.4 Å². The minimum Gasteiger partial charge on any atom is -0.409 e. The van der Waals surface area contributed by atoms with Gasteiger partial charge in [0, 0.05) is 5.69 Å². The normalized spacial score (nSPS) is 8.91. The second kappa shape index (κ2) is 5.01. The van der Waals surface area contributed by atoms with Gasteiger partial charge >= 0.3 is 51.4 Å². The molecule has 1 aromatic rings. The average Bonchev–Trinajstić information content (AvgIpc) is 2.10. The molecule has 0 atom stereocenters. The van der Waals surface area contributed by atoms with Crippen molar-refractivity contribution in [1.29, 1.82) is 0 Å². The van der Waals surface area contributed by atoms with Gasteiger partial charge in [0.2, 0.25) is 0 Å². The number of thiocarbonyl (C=S) groups is 1. The maximum absolute atomic E-state index is 4.78. The predicted molar refractivity (Wildman–Crippen MR) is 47.1 cm³/mol. The Morgan fingerprint density at radius 2 is 2.18 bits per heavy atom. The third-order valence-electron chi connectivity index (χ3n) is 1.18. The van der Waals surface area contributed by atoms with Gasteiger partial charge < -0.3 is 24.8 Å². The van der Waals surface area contributed by atoms with Gasteiger partial charge in [0.15, 0.2) is 0 Å². The first-order chi connectivity index (χ1) is 4.61. The second-order valence-corrected chi connectivity index (χ2v) is 3.14. The van der Waals surface area contributed by atoms with Gasteiger partial charge in [0.1, 0.15) is 0 Å². The van der Waals surface area contributed by atoms with Crippen LogP contribution in [0, 0.1) is 13.8 Å². The summed E-state index contributed by atoms with van der Waals surface area (Å²) in [5, 5.41) is 4.08. The molecule has 0 saturated carbocycles. The molecule has 1 heterocycles. The van der Waals surface area contributed by atoms with Crippen LogP contribution < -0.4 is 51.4 Å². The number of hydrogen-bond donors (Lipinski definition) is 0. The fourth-order valence-corrected chi connectivity index (χ4v) is 1.18. The summed E-state index contributed by atoms with van der Waals surface area (Å²) >= 11 is 9.56. The Morgan fingerprint density at radius 3 is 2.36 bits per heavy atom. The Hall–Kier alpha value is 1.16. The van der Waals surface area contributed by atoms with Gasteiger partial charge in [0.25, 0.3) is 0 Å². The van der Waals surface area contributed by atoms with Crippen LogP contribution in [0.5, 0.6) is 0 Å². The van der Waals surface area contributed by atoms with Crippen LogP contribution in [0.4, 0.5) is 0 Å². The first kappa shape index (κ1) is 12.2. The van der Waals surface area contributed by atoms with Gasteiger partial charge in [0.05, 0.1) is 5.69 Å². The summed E-state index contributed by atoms with van der Waals surface area (Å²) in [6.07, 6.45) is 0. The summed E-state index contributed by atoms with van der Waals surface area (Å²) in [5.41, 5.74) is 1.95. The minimum atomic E-state index is 0. The van der Waals surface area contributed by atoms with E-state index in [1.165, 1.54) is 0 Å². The third kappa shape index (κ3) is 3.18. The zero-order valence-electron chi connectivity index (χ0n) is 6.79. The summed E-state index contributed by atoms with van der Waals surface area (Å²) in [6, 6.07) is 1.94. The van der Waals surface area contributed by atoms with Crippen LogP contribution in [-0.2, 0) is 12.6 Å². The van der Waals surface area contributed by atoms with Crippen LogP contribution >= 0.6 is 12.2 Å². The molecule has 0 spiro atoms. The Kier molecular flexibility index (Phi) is 5.54. The van der Waals surface area contributed by atoms with E-state index in [2.05, 4.69) is 5.10 Å². The Bertz CT molecular complexity index is 270. The molecule has 54 valence electrons. The molecule has 0 N–H and O–H groups in total. The first-order valence-electron chi connectivity index (χ1n) is 2.86. The van der Waals surface area contributed by atoms with Crippen LogP contribution in [0.1, 0.15) is 11.4 Å². The molecule has 0 aliphatic rings. The molecule has 2 nitrogen and oxygen atoms in total. The standard InChI is InChI=1S/C6H8N2S2.K/c1-4-3-5(2)8(7-4)6(9)10;/h3H,1-2H3,(H,9,10);/q;+1/p-1. The molecule has 0 aromatic carbocycles. The molecule has 0 radical (unpaired) electrons. The maximum atomic E-state index is 4.78. The van der Waals surface area contributed by atoms with E-state index in [1.54, 1.807) is 4.68 Å². The monoisotopic (exact) mass is 210 g/mol. The first-order valence-corrected chi connectivity index (χ1v) is 3.67. The molecule has 0 unspecified atom stereocenters. The molecule has 1 rings (SSSR count). The summed E-state index contributed by atoms with van der Waals surface area (Å²) in [7, 11) is 0. The largest absolute Gasteiger partial charge is 1.00 e. The van der Waals surface area contributed by atoms with Crippen molar-refractivity contribution in [1.82, 2.24) is 9.78 Å². The molecular formula is C6H7KN2S2. The van der Waals surface area contributed by atoms with Crippen LogP contribution in [0.3, 0.4) is 0 Å². The Labute approximate surface area is 120 Å². The average molecular weight is 210 g/mol. The fraction of sp³-hybridized carbons (Fsp3) is 0.333. The van der Waals surface area contributed by atoms with E-state index in [9.17, 15) is 0 Å². The number of hydrogen-bond acceptors (Lipinski definition) is 3. The molecule has 0 amide bonds. The molecule has 0 bridgehead atoms. The maximum Gasteiger partial charge on any atom is 1.00 e. The van der Waals surface area contributed by atoms with Crippen LogP contribution in [-0.4, -0.2) is 14.1 Å². The zero-order chi connectivity index (χ0) is 7.72. The SMILES string of the molecule is Cc1cc(C)n(C(=S)[S-])n1.[K+]. The molecule has 1 aromatic heterocycles. The van der Waals surface area contributed by atoms with Gasteiger partial charge in [-0.3, -0.25) is 4.68 Å². The third-order valence-corrected chi connectivity index (χ3v) is 1.53. The van der Waals surface area contributed by atoms with Crippen LogP contribution in [0.25, 0.3) is 0 Å². The van der Waals surface area contributed by atoms with E-state index in [0.29, 0.717) is 4.32 Å². The Morgan fingerprint density at radius 1 is 1.64 bits per heavy atom. The van der Waals surface area contributed by atoms with Gasteiger partial charge in [-0.1, -0.05) is 0 Å². The van der Waals surface area contributed by atoms with E-state index in [0.717, 1.165) is 11.4 Å². The molecule has 0 fully saturated rings. The fourth-order valence-electron chi connectivity index (χ4n) is 0.814. The number of aromatic nitrogens is 2. The topological polar surface area (TPSA) is 17.8 Å². The minimum absolute atomic E-state index is 0. The summed E-state index contributed by atoms with van der Waals surface area (Å²) in [6.45, 7) is 3.84. The molecule has 11 heavy (non-hydrogen) atoms. The van der Waals surface area contributed by atoms with E-state index in [1.807, 2.05) is 19.9 Å². The quantitative estimate of drug-likeness (QED) is 0.285. The molecule has 0 aliphatic carbocycles. The summed E-state index contributed by atoms with van der Waals surface area (Å²) in [5.74, 6) is 0. The number of rotatable bonds is 0. The molecule has 5 heteroatoms.